The van der Waals surface area contributed by atoms with Crippen LogP contribution < -0.4 is 10.5 Å². The number of nitrogens with zero attached hydrogens (tertiary/aromatic N) is 1. The van der Waals surface area contributed by atoms with Gasteiger partial charge in [-0.05, 0) is 56.3 Å². The largest absolute Gasteiger partial charge is 0.497 e. The van der Waals surface area contributed by atoms with E-state index in [2.05, 4.69) is 31.0 Å². The van der Waals surface area contributed by atoms with Crippen molar-refractivity contribution < 1.29 is 4.74 Å². The second-order valence-electron chi connectivity index (χ2n) is 6.11. The Bertz CT molecular complexity index is 425. The van der Waals surface area contributed by atoms with E-state index in [0.29, 0.717) is 6.04 Å². The Kier molecular flexibility index (Phi) is 5.30. The van der Waals surface area contributed by atoms with E-state index < -0.39 is 0 Å². The third-order valence-electron chi connectivity index (χ3n) is 4.67. The molecule has 1 aliphatic rings. The Hall–Kier alpha value is -1.22. The molecule has 0 atom stereocenters. The summed E-state index contributed by atoms with van der Waals surface area (Å²) in [5, 5.41) is 0. The van der Waals surface area contributed by atoms with Crippen molar-refractivity contribution in [2.75, 3.05) is 19.9 Å². The average Bonchev–Trinajstić information content (AvgIpc) is 2.46. The number of ether oxygens (including phenoxy) is 1. The fourth-order valence-corrected chi connectivity index (χ4v) is 3.31. The van der Waals surface area contributed by atoms with E-state index in [0.717, 1.165) is 23.9 Å². The first-order valence-corrected chi connectivity index (χ1v) is 7.76. The lowest BCUT2D eigenvalue weighted by molar-refractivity contribution is 0.157. The van der Waals surface area contributed by atoms with Crippen LogP contribution in [0.5, 0.6) is 5.75 Å². The average molecular weight is 276 g/mol. The van der Waals surface area contributed by atoms with Crippen LogP contribution in [-0.4, -0.2) is 25.1 Å². The van der Waals surface area contributed by atoms with E-state index in [-0.39, 0.29) is 0 Å². The number of anilines is 1. The smallest absolute Gasteiger partial charge is 0.121 e. The van der Waals surface area contributed by atoms with Gasteiger partial charge in [0.15, 0.2) is 0 Å². The van der Waals surface area contributed by atoms with Crippen molar-refractivity contribution in [2.45, 2.75) is 51.6 Å². The van der Waals surface area contributed by atoms with E-state index in [1.54, 1.807) is 7.11 Å². The van der Waals surface area contributed by atoms with E-state index >= 15 is 0 Å². The van der Waals surface area contributed by atoms with Gasteiger partial charge in [-0.25, -0.2) is 0 Å². The van der Waals surface area contributed by atoms with Crippen molar-refractivity contribution in [1.29, 1.82) is 0 Å². The van der Waals surface area contributed by atoms with Crippen LogP contribution in [0.2, 0.25) is 0 Å². The van der Waals surface area contributed by atoms with Crippen LogP contribution in [0.4, 0.5) is 5.69 Å². The van der Waals surface area contributed by atoms with Gasteiger partial charge in [0.1, 0.15) is 5.75 Å². The van der Waals surface area contributed by atoms with Crippen LogP contribution >= 0.6 is 0 Å². The van der Waals surface area contributed by atoms with Crippen molar-refractivity contribution in [2.24, 2.45) is 5.92 Å². The molecule has 0 spiro atoms. The molecule has 1 aromatic carbocycles. The van der Waals surface area contributed by atoms with Gasteiger partial charge in [-0.1, -0.05) is 13.3 Å². The van der Waals surface area contributed by atoms with Crippen LogP contribution in [0.15, 0.2) is 18.2 Å². The molecule has 0 unspecified atom stereocenters. The highest BCUT2D eigenvalue weighted by Crippen LogP contribution is 2.30. The Morgan fingerprint density at radius 1 is 1.20 bits per heavy atom. The monoisotopic (exact) mass is 276 g/mol. The van der Waals surface area contributed by atoms with Crippen molar-refractivity contribution in [3.05, 3.63) is 23.8 Å². The summed E-state index contributed by atoms with van der Waals surface area (Å²) in [5.41, 5.74) is 7.94. The molecule has 3 heteroatoms. The topological polar surface area (TPSA) is 38.5 Å². The SMILES string of the molecule is CCC1CCC(N(C)Cc2cc(N)cc(OC)c2)CC1. The number of nitrogens with two attached hydrogens (primary N) is 1. The van der Waals surface area contributed by atoms with Gasteiger partial charge in [0.2, 0.25) is 0 Å². The van der Waals surface area contributed by atoms with Gasteiger partial charge in [-0.3, -0.25) is 4.90 Å². The lowest BCUT2D eigenvalue weighted by atomic mass is 9.84. The zero-order valence-electron chi connectivity index (χ0n) is 13.1. The van der Waals surface area contributed by atoms with Crippen molar-refractivity contribution in [3.8, 4) is 5.75 Å². The van der Waals surface area contributed by atoms with Crippen LogP contribution in [-0.2, 0) is 6.54 Å². The quantitative estimate of drug-likeness (QED) is 0.834. The number of methoxy groups -OCH3 is 1. The van der Waals surface area contributed by atoms with Gasteiger partial charge < -0.3 is 10.5 Å². The van der Waals surface area contributed by atoms with Crippen molar-refractivity contribution in [3.63, 3.8) is 0 Å². The molecule has 0 radical (unpaired) electrons. The second kappa shape index (κ2) is 6.98. The Morgan fingerprint density at radius 3 is 2.50 bits per heavy atom. The van der Waals surface area contributed by atoms with Gasteiger partial charge in [-0.2, -0.15) is 0 Å². The van der Waals surface area contributed by atoms with Gasteiger partial charge in [0.05, 0.1) is 7.11 Å². The highest BCUT2D eigenvalue weighted by atomic mass is 16.5. The number of nitrogen functional groups attached to an aromatic ring is 1. The summed E-state index contributed by atoms with van der Waals surface area (Å²) in [7, 11) is 3.92. The molecule has 1 aliphatic carbocycles. The molecule has 112 valence electrons. The summed E-state index contributed by atoms with van der Waals surface area (Å²) in [6.07, 6.45) is 6.75. The zero-order chi connectivity index (χ0) is 14.5. The van der Waals surface area contributed by atoms with E-state index in [1.807, 2.05) is 6.07 Å². The Morgan fingerprint density at radius 2 is 1.90 bits per heavy atom. The fraction of sp³-hybridized carbons (Fsp3) is 0.647. The minimum Gasteiger partial charge on any atom is -0.497 e. The predicted molar refractivity (Wildman–Crippen MR) is 84.9 cm³/mol. The first-order valence-electron chi connectivity index (χ1n) is 7.76. The summed E-state index contributed by atoms with van der Waals surface area (Å²) in [6, 6.07) is 6.72. The zero-order valence-corrected chi connectivity index (χ0v) is 13.1. The molecular weight excluding hydrogens is 248 g/mol. The Labute approximate surface area is 123 Å². The maximum absolute atomic E-state index is 5.93. The molecule has 1 saturated carbocycles. The molecular formula is C17H28N2O. The van der Waals surface area contributed by atoms with Crippen LogP contribution in [0.1, 0.15) is 44.6 Å². The molecule has 0 aromatic heterocycles. The molecule has 1 aromatic rings. The molecule has 2 N–H and O–H groups in total. The van der Waals surface area contributed by atoms with Gasteiger partial charge in [0, 0.05) is 24.3 Å². The van der Waals surface area contributed by atoms with Crippen LogP contribution in [0.25, 0.3) is 0 Å². The molecule has 20 heavy (non-hydrogen) atoms. The van der Waals surface area contributed by atoms with Crippen molar-refractivity contribution >= 4 is 5.69 Å². The number of hydrogen-bond donors (Lipinski definition) is 1. The van der Waals surface area contributed by atoms with E-state index in [9.17, 15) is 0 Å². The van der Waals surface area contributed by atoms with Gasteiger partial charge in [-0.15, -0.1) is 0 Å². The highest BCUT2D eigenvalue weighted by molar-refractivity contribution is 5.47. The van der Waals surface area contributed by atoms with Gasteiger partial charge in [0.25, 0.3) is 0 Å². The molecule has 0 amide bonds. The maximum Gasteiger partial charge on any atom is 0.121 e. The number of hydrogen-bond acceptors (Lipinski definition) is 3. The summed E-state index contributed by atoms with van der Waals surface area (Å²) in [6.45, 7) is 3.26. The molecule has 0 bridgehead atoms. The lowest BCUT2D eigenvalue weighted by Crippen LogP contribution is -2.34. The predicted octanol–water partition coefficient (Wildman–Crippen LogP) is 3.68. The highest BCUT2D eigenvalue weighted by Gasteiger charge is 2.23. The maximum atomic E-state index is 5.93. The summed E-state index contributed by atoms with van der Waals surface area (Å²) >= 11 is 0. The molecule has 0 aliphatic heterocycles. The van der Waals surface area contributed by atoms with E-state index in [1.165, 1.54) is 37.7 Å². The third-order valence-corrected chi connectivity index (χ3v) is 4.67. The van der Waals surface area contributed by atoms with E-state index in [4.69, 9.17) is 10.5 Å². The van der Waals surface area contributed by atoms with Crippen LogP contribution in [0, 0.1) is 5.92 Å². The lowest BCUT2D eigenvalue weighted by Gasteiger charge is -2.34. The minimum atomic E-state index is 0.713. The fourth-order valence-electron chi connectivity index (χ4n) is 3.31. The Balaban J connectivity index is 1.94. The number of rotatable bonds is 5. The molecule has 0 saturated heterocycles. The molecule has 1 fully saturated rings. The standard InChI is InChI=1S/C17H28N2O/c1-4-13-5-7-16(8-6-13)19(2)12-14-9-15(18)11-17(10-14)20-3/h9-11,13,16H,4-8,12,18H2,1-3H3. The third kappa shape index (κ3) is 3.89. The summed E-state index contributed by atoms with van der Waals surface area (Å²) < 4.78 is 5.29. The second-order valence-corrected chi connectivity index (χ2v) is 6.11. The number of benzene rings is 1. The minimum absolute atomic E-state index is 0.713. The molecule has 2 rings (SSSR count). The van der Waals surface area contributed by atoms with Gasteiger partial charge >= 0.3 is 0 Å². The normalized spacial score (nSPS) is 23.0. The first kappa shape index (κ1) is 15.2. The summed E-state index contributed by atoms with van der Waals surface area (Å²) in [4.78, 5) is 2.47. The van der Waals surface area contributed by atoms with Crippen LogP contribution in [0.3, 0.4) is 0 Å². The summed E-state index contributed by atoms with van der Waals surface area (Å²) in [5.74, 6) is 1.80. The molecule has 0 heterocycles. The first-order chi connectivity index (χ1) is 9.62. The molecule has 3 nitrogen and oxygen atoms in total. The van der Waals surface area contributed by atoms with Crippen molar-refractivity contribution in [1.82, 2.24) is 4.90 Å².